The van der Waals surface area contributed by atoms with E-state index in [1.54, 1.807) is 0 Å². The largest absolute Gasteiger partial charge is 0.432 e. The van der Waals surface area contributed by atoms with E-state index in [0.29, 0.717) is 11.3 Å². The fourth-order valence-corrected chi connectivity index (χ4v) is 2.11. The van der Waals surface area contributed by atoms with Crippen molar-refractivity contribution in [1.82, 2.24) is 0 Å². The Balaban J connectivity index is 3.28. The predicted molar refractivity (Wildman–Crippen MR) is 43.7 cm³/mol. The van der Waals surface area contributed by atoms with Crippen LogP contribution in [0.15, 0.2) is 9.85 Å². The van der Waals surface area contributed by atoms with E-state index < -0.39 is 21.7 Å². The van der Waals surface area contributed by atoms with Crippen molar-refractivity contribution in [3.05, 3.63) is 24.8 Å². The van der Waals surface area contributed by atoms with Crippen molar-refractivity contribution in [2.75, 3.05) is 0 Å². The molecule has 3 nitrogen and oxygen atoms in total. The van der Waals surface area contributed by atoms with Gasteiger partial charge in [0, 0.05) is 6.07 Å². The van der Waals surface area contributed by atoms with Crippen molar-refractivity contribution >= 4 is 33.0 Å². The molecule has 0 N–H and O–H groups in total. The third-order valence-corrected chi connectivity index (χ3v) is 2.81. The minimum Gasteiger partial charge on any atom is -0.258 e. The van der Waals surface area contributed by atoms with Crippen LogP contribution in [0.2, 0.25) is 0 Å². The smallest absolute Gasteiger partial charge is 0.258 e. The van der Waals surface area contributed by atoms with Crippen LogP contribution in [0.5, 0.6) is 0 Å². The maximum atomic E-state index is 12.1. The van der Waals surface area contributed by atoms with Crippen molar-refractivity contribution in [3.8, 4) is 0 Å². The van der Waals surface area contributed by atoms with E-state index in [-0.39, 0.29) is 3.79 Å². The summed E-state index contributed by atoms with van der Waals surface area (Å²) in [4.78, 5) is 7.93. The van der Waals surface area contributed by atoms with E-state index >= 15 is 0 Å². The standard InChI is InChI=1S/C5HBrF3NO2S/c6-3-1-2(10(11)12)4(13-3)5(7,8)9/h1H. The first-order chi connectivity index (χ1) is 5.82. The summed E-state index contributed by atoms with van der Waals surface area (Å²) in [5.41, 5.74) is -0.913. The third-order valence-electron chi connectivity index (χ3n) is 1.14. The summed E-state index contributed by atoms with van der Waals surface area (Å²) in [7, 11) is 0. The van der Waals surface area contributed by atoms with Gasteiger partial charge in [-0.3, -0.25) is 10.1 Å². The van der Waals surface area contributed by atoms with E-state index in [2.05, 4.69) is 15.9 Å². The van der Waals surface area contributed by atoms with Crippen LogP contribution in [0.25, 0.3) is 0 Å². The number of rotatable bonds is 1. The highest BCUT2D eigenvalue weighted by Crippen LogP contribution is 2.43. The molecule has 0 aromatic carbocycles. The number of halogens is 4. The first kappa shape index (κ1) is 10.5. The molecule has 0 aliphatic carbocycles. The van der Waals surface area contributed by atoms with Crippen molar-refractivity contribution in [3.63, 3.8) is 0 Å². The van der Waals surface area contributed by atoms with Crippen LogP contribution < -0.4 is 0 Å². The molecule has 0 aliphatic heterocycles. The monoisotopic (exact) mass is 275 g/mol. The lowest BCUT2D eigenvalue weighted by atomic mass is 10.4. The van der Waals surface area contributed by atoms with Gasteiger partial charge in [-0.05, 0) is 15.9 Å². The van der Waals surface area contributed by atoms with E-state index in [9.17, 15) is 23.3 Å². The third kappa shape index (κ3) is 2.19. The van der Waals surface area contributed by atoms with Gasteiger partial charge in [-0.15, -0.1) is 11.3 Å². The van der Waals surface area contributed by atoms with Crippen LogP contribution in [0.1, 0.15) is 4.88 Å². The molecule has 72 valence electrons. The molecular formula is C5HBrF3NO2S. The Morgan fingerprint density at radius 1 is 1.54 bits per heavy atom. The van der Waals surface area contributed by atoms with Crippen molar-refractivity contribution in [1.29, 1.82) is 0 Å². The average Bonchev–Trinajstić information content (AvgIpc) is 2.29. The molecule has 8 heteroatoms. The molecule has 13 heavy (non-hydrogen) atoms. The van der Waals surface area contributed by atoms with Crippen molar-refractivity contribution in [2.24, 2.45) is 0 Å². The van der Waals surface area contributed by atoms with Gasteiger partial charge in [0.25, 0.3) is 5.69 Å². The van der Waals surface area contributed by atoms with Gasteiger partial charge < -0.3 is 0 Å². The number of hydrogen-bond acceptors (Lipinski definition) is 3. The minimum atomic E-state index is -4.67. The molecule has 0 amide bonds. The Morgan fingerprint density at radius 3 is 2.38 bits per heavy atom. The summed E-state index contributed by atoms with van der Waals surface area (Å²) in [6, 6.07) is 0.841. The van der Waals surface area contributed by atoms with Gasteiger partial charge in [0.15, 0.2) is 4.88 Å². The van der Waals surface area contributed by atoms with E-state index in [1.807, 2.05) is 0 Å². The SMILES string of the molecule is O=[N+]([O-])c1cc(Br)sc1C(F)(F)F. The van der Waals surface area contributed by atoms with Gasteiger partial charge in [-0.25, -0.2) is 0 Å². The summed E-state index contributed by atoms with van der Waals surface area (Å²) in [5.74, 6) is 0. The normalized spacial score (nSPS) is 11.7. The van der Waals surface area contributed by atoms with Gasteiger partial charge >= 0.3 is 6.18 Å². The van der Waals surface area contributed by atoms with Gasteiger partial charge in [-0.2, -0.15) is 13.2 Å². The van der Waals surface area contributed by atoms with Crippen LogP contribution in [0.3, 0.4) is 0 Å². The lowest BCUT2D eigenvalue weighted by molar-refractivity contribution is -0.387. The fourth-order valence-electron chi connectivity index (χ4n) is 0.691. The molecule has 0 atom stereocenters. The number of nitro groups is 1. The molecule has 0 bridgehead atoms. The Kier molecular flexibility index (Phi) is 2.62. The summed E-state index contributed by atoms with van der Waals surface area (Å²) in [5, 5.41) is 10.2. The fraction of sp³-hybridized carbons (Fsp3) is 0.200. The number of alkyl halides is 3. The van der Waals surface area contributed by atoms with Gasteiger partial charge in [-0.1, -0.05) is 0 Å². The average molecular weight is 276 g/mol. The summed E-state index contributed by atoms with van der Waals surface area (Å²) in [6.07, 6.45) is -4.67. The lowest BCUT2D eigenvalue weighted by Crippen LogP contribution is -2.04. The Bertz CT molecular complexity index is 348. The van der Waals surface area contributed by atoms with Gasteiger partial charge in [0.05, 0.1) is 8.71 Å². The molecule has 1 rings (SSSR count). The van der Waals surface area contributed by atoms with Crippen LogP contribution in [0.4, 0.5) is 18.9 Å². The summed E-state index contributed by atoms with van der Waals surface area (Å²) >= 11 is 3.06. The number of nitrogens with zero attached hydrogens (tertiary/aromatic N) is 1. The molecule has 0 unspecified atom stereocenters. The minimum absolute atomic E-state index is 0.0894. The van der Waals surface area contributed by atoms with Crippen LogP contribution in [-0.2, 0) is 6.18 Å². The highest BCUT2D eigenvalue weighted by molar-refractivity contribution is 9.11. The molecule has 0 radical (unpaired) electrons. The van der Waals surface area contributed by atoms with E-state index in [4.69, 9.17) is 0 Å². The topological polar surface area (TPSA) is 43.1 Å². The van der Waals surface area contributed by atoms with Gasteiger partial charge in [0.1, 0.15) is 0 Å². The quantitative estimate of drug-likeness (QED) is 0.582. The maximum absolute atomic E-state index is 12.1. The molecule has 1 aromatic rings. The second kappa shape index (κ2) is 3.26. The zero-order valence-electron chi connectivity index (χ0n) is 5.76. The van der Waals surface area contributed by atoms with Crippen molar-refractivity contribution in [2.45, 2.75) is 6.18 Å². The predicted octanol–water partition coefficient (Wildman–Crippen LogP) is 3.44. The Morgan fingerprint density at radius 2 is 2.08 bits per heavy atom. The van der Waals surface area contributed by atoms with Crippen molar-refractivity contribution < 1.29 is 18.1 Å². The molecule has 1 aromatic heterocycles. The molecular weight excluding hydrogens is 275 g/mol. The lowest BCUT2D eigenvalue weighted by Gasteiger charge is -2.00. The van der Waals surface area contributed by atoms with E-state index in [1.165, 1.54) is 0 Å². The Labute approximate surface area is 82.5 Å². The second-order valence-electron chi connectivity index (χ2n) is 2.02. The first-order valence-electron chi connectivity index (χ1n) is 2.83. The maximum Gasteiger partial charge on any atom is 0.432 e. The summed E-state index contributed by atoms with van der Waals surface area (Å²) < 4.78 is 36.4. The second-order valence-corrected chi connectivity index (χ2v) is 4.45. The number of thiophene rings is 1. The molecule has 0 aliphatic rings. The van der Waals surface area contributed by atoms with E-state index in [0.717, 1.165) is 6.07 Å². The van der Waals surface area contributed by atoms with Crippen LogP contribution in [-0.4, -0.2) is 4.92 Å². The highest BCUT2D eigenvalue weighted by Gasteiger charge is 2.40. The van der Waals surface area contributed by atoms with Crippen LogP contribution in [0, 0.1) is 10.1 Å². The molecule has 0 saturated carbocycles. The Hall–Kier alpha value is -0.630. The van der Waals surface area contributed by atoms with Crippen LogP contribution >= 0.6 is 27.3 Å². The number of hydrogen-bond donors (Lipinski definition) is 0. The van der Waals surface area contributed by atoms with Gasteiger partial charge in [0.2, 0.25) is 0 Å². The molecule has 1 heterocycles. The first-order valence-corrected chi connectivity index (χ1v) is 4.44. The molecule has 0 spiro atoms. The molecule has 0 fully saturated rings. The zero-order chi connectivity index (χ0) is 10.2. The molecule has 0 saturated heterocycles. The summed E-state index contributed by atoms with van der Waals surface area (Å²) in [6.45, 7) is 0. The highest BCUT2D eigenvalue weighted by atomic mass is 79.9. The zero-order valence-corrected chi connectivity index (χ0v) is 8.16.